The van der Waals surface area contributed by atoms with Crippen LogP contribution in [0.2, 0.25) is 0 Å². The monoisotopic (exact) mass is 340 g/mol. The molecular formula is C13H18F2O6S. The summed E-state index contributed by atoms with van der Waals surface area (Å²) in [6.07, 6.45) is 3.28. The van der Waals surface area contributed by atoms with Crippen molar-refractivity contribution in [2.45, 2.75) is 43.5 Å². The van der Waals surface area contributed by atoms with Crippen LogP contribution in [0.1, 0.15) is 32.1 Å². The molecule has 4 bridgehead atoms. The van der Waals surface area contributed by atoms with Gasteiger partial charge in [0.25, 0.3) is 0 Å². The lowest BCUT2D eigenvalue weighted by Crippen LogP contribution is -2.47. The van der Waals surface area contributed by atoms with E-state index in [4.69, 9.17) is 9.29 Å². The molecule has 0 spiro atoms. The molecule has 4 atom stereocenters. The predicted molar refractivity (Wildman–Crippen MR) is 69.7 cm³/mol. The molecule has 4 aliphatic rings. The van der Waals surface area contributed by atoms with Crippen LogP contribution in [-0.4, -0.2) is 43.5 Å². The summed E-state index contributed by atoms with van der Waals surface area (Å²) >= 11 is 0. The van der Waals surface area contributed by atoms with E-state index in [1.54, 1.807) is 0 Å². The summed E-state index contributed by atoms with van der Waals surface area (Å²) in [5.74, 6) is -0.281. The zero-order valence-corrected chi connectivity index (χ0v) is 12.7. The van der Waals surface area contributed by atoms with E-state index >= 15 is 0 Å². The fraction of sp³-hybridized carbons (Fsp3) is 0.923. The van der Waals surface area contributed by atoms with Crippen molar-refractivity contribution in [2.75, 3.05) is 13.2 Å². The van der Waals surface area contributed by atoms with Gasteiger partial charge < -0.3 is 9.47 Å². The van der Waals surface area contributed by atoms with E-state index in [9.17, 15) is 22.0 Å². The quantitative estimate of drug-likeness (QED) is 0.618. The highest BCUT2D eigenvalue weighted by Crippen LogP contribution is 2.54. The van der Waals surface area contributed by atoms with Crippen molar-refractivity contribution >= 4 is 16.1 Å². The van der Waals surface area contributed by atoms with E-state index < -0.39 is 33.4 Å². The highest BCUT2D eigenvalue weighted by Gasteiger charge is 2.55. The molecule has 2 saturated carbocycles. The van der Waals surface area contributed by atoms with E-state index in [2.05, 4.69) is 4.74 Å². The largest absolute Gasteiger partial charge is 0.458 e. The minimum atomic E-state index is -5.60. The van der Waals surface area contributed by atoms with Gasteiger partial charge in [0.15, 0.2) is 6.61 Å². The Kier molecular flexibility index (Phi) is 3.73. The van der Waals surface area contributed by atoms with Gasteiger partial charge in [-0.2, -0.15) is 17.2 Å². The molecule has 22 heavy (non-hydrogen) atoms. The van der Waals surface area contributed by atoms with Crippen LogP contribution < -0.4 is 0 Å². The van der Waals surface area contributed by atoms with Crippen LogP contribution in [0.15, 0.2) is 0 Å². The molecule has 126 valence electrons. The molecule has 0 aromatic carbocycles. The molecule has 0 aromatic heterocycles. The van der Waals surface area contributed by atoms with Gasteiger partial charge in [0.1, 0.15) is 0 Å². The van der Waals surface area contributed by atoms with E-state index in [0.29, 0.717) is 31.8 Å². The first-order valence-electron chi connectivity index (χ1n) is 7.25. The first kappa shape index (κ1) is 16.1. The predicted octanol–water partition coefficient (Wildman–Crippen LogP) is 1.61. The Balaban J connectivity index is 1.72. The highest BCUT2D eigenvalue weighted by molar-refractivity contribution is 7.86. The molecule has 0 aromatic rings. The molecular weight excluding hydrogens is 322 g/mol. The smallest absolute Gasteiger partial charge is 0.402 e. The molecule has 2 aliphatic heterocycles. The van der Waals surface area contributed by atoms with Crippen molar-refractivity contribution in [3.63, 3.8) is 0 Å². The number of carbonyl (C=O) groups excluding carboxylic acids is 1. The number of esters is 1. The van der Waals surface area contributed by atoms with Gasteiger partial charge in [-0.25, -0.2) is 0 Å². The summed E-state index contributed by atoms with van der Waals surface area (Å²) in [5.41, 5.74) is -0.859. The summed E-state index contributed by atoms with van der Waals surface area (Å²) in [6.45, 7) is -1.09. The van der Waals surface area contributed by atoms with Crippen molar-refractivity contribution in [3.8, 4) is 0 Å². The number of alkyl halides is 2. The lowest BCUT2D eigenvalue weighted by atomic mass is 9.59. The lowest BCUT2D eigenvalue weighted by molar-refractivity contribution is -0.170. The van der Waals surface area contributed by atoms with Gasteiger partial charge in [-0.15, -0.1) is 0 Å². The SMILES string of the molecule is O=C(OCC(F)(F)S(=O)(=O)O)C12CC3COC(CC(C3)C1)C2. The molecule has 0 radical (unpaired) electrons. The van der Waals surface area contributed by atoms with E-state index in [1.807, 2.05) is 0 Å². The lowest BCUT2D eigenvalue weighted by Gasteiger charge is -2.45. The second-order valence-electron chi connectivity index (χ2n) is 6.74. The molecule has 2 aliphatic carbocycles. The normalized spacial score (nSPS) is 37.9. The Bertz CT molecular complexity index is 559. The zero-order valence-electron chi connectivity index (χ0n) is 11.8. The van der Waals surface area contributed by atoms with Gasteiger partial charge in [0.2, 0.25) is 0 Å². The third-order valence-corrected chi connectivity index (χ3v) is 5.86. The highest BCUT2D eigenvalue weighted by atomic mass is 32.2. The second kappa shape index (κ2) is 5.10. The van der Waals surface area contributed by atoms with Crippen LogP contribution in [-0.2, 0) is 24.4 Å². The van der Waals surface area contributed by atoms with Crippen molar-refractivity contribution < 1.29 is 36.0 Å². The van der Waals surface area contributed by atoms with Crippen LogP contribution in [0.3, 0.4) is 0 Å². The molecule has 4 fully saturated rings. The van der Waals surface area contributed by atoms with E-state index in [0.717, 1.165) is 12.8 Å². The minimum absolute atomic E-state index is 0.0686. The Morgan fingerprint density at radius 2 is 1.95 bits per heavy atom. The fourth-order valence-electron chi connectivity index (χ4n) is 4.22. The standard InChI is InChI=1S/C13H18F2O6S/c14-13(15,22(17,18)19)7-21-11(16)12-3-8-1-9(4-12)6-20-10(2-8)5-12/h8-10H,1-7H2,(H,17,18,19). The Morgan fingerprint density at radius 3 is 2.64 bits per heavy atom. The number of rotatable bonds is 4. The second-order valence-corrected chi connectivity index (χ2v) is 8.29. The maximum atomic E-state index is 13.2. The van der Waals surface area contributed by atoms with Crippen LogP contribution in [0.25, 0.3) is 0 Å². The van der Waals surface area contributed by atoms with Crippen molar-refractivity contribution in [3.05, 3.63) is 0 Å². The molecule has 2 saturated heterocycles. The van der Waals surface area contributed by atoms with Gasteiger partial charge in [0.05, 0.1) is 11.5 Å². The number of ether oxygens (including phenoxy) is 2. The van der Waals surface area contributed by atoms with Crippen LogP contribution in [0, 0.1) is 17.3 Å². The third-order valence-electron chi connectivity index (χ3n) is 4.99. The Labute approximate surface area is 126 Å². The van der Waals surface area contributed by atoms with Crippen molar-refractivity contribution in [1.29, 1.82) is 0 Å². The molecule has 6 nitrogen and oxygen atoms in total. The number of hydrogen-bond acceptors (Lipinski definition) is 5. The maximum absolute atomic E-state index is 13.2. The average molecular weight is 340 g/mol. The number of hydrogen-bond donors (Lipinski definition) is 1. The third kappa shape index (κ3) is 2.74. The number of halogens is 2. The zero-order chi connectivity index (χ0) is 16.2. The average Bonchev–Trinajstić information content (AvgIpc) is 2.61. The summed E-state index contributed by atoms with van der Waals surface area (Å²) in [4.78, 5) is 12.3. The summed E-state index contributed by atoms with van der Waals surface area (Å²) < 4.78 is 66.3. The summed E-state index contributed by atoms with van der Waals surface area (Å²) in [5, 5.41) is -4.49. The summed E-state index contributed by atoms with van der Waals surface area (Å²) in [6, 6.07) is 0. The molecule has 4 rings (SSSR count). The van der Waals surface area contributed by atoms with Crippen molar-refractivity contribution in [1.82, 2.24) is 0 Å². The number of carbonyl (C=O) groups is 1. The van der Waals surface area contributed by atoms with Gasteiger partial charge in [-0.1, -0.05) is 0 Å². The maximum Gasteiger partial charge on any atom is 0.402 e. The van der Waals surface area contributed by atoms with Crippen LogP contribution in [0.4, 0.5) is 8.78 Å². The molecule has 1 N–H and O–H groups in total. The number of fused-ring (bicyclic) bond motifs is 1. The van der Waals surface area contributed by atoms with Crippen LogP contribution in [0.5, 0.6) is 0 Å². The first-order chi connectivity index (χ1) is 10.1. The Hall–Kier alpha value is -0.800. The first-order valence-corrected chi connectivity index (χ1v) is 8.69. The molecule has 4 unspecified atom stereocenters. The van der Waals surface area contributed by atoms with E-state index in [-0.39, 0.29) is 12.0 Å². The molecule has 9 heteroatoms. The van der Waals surface area contributed by atoms with Gasteiger partial charge in [-0.05, 0) is 43.9 Å². The van der Waals surface area contributed by atoms with E-state index in [1.165, 1.54) is 0 Å². The Morgan fingerprint density at radius 1 is 1.27 bits per heavy atom. The van der Waals surface area contributed by atoms with Crippen molar-refractivity contribution in [2.24, 2.45) is 17.3 Å². The molecule has 2 heterocycles. The fourth-order valence-corrected chi connectivity index (χ4v) is 4.42. The topological polar surface area (TPSA) is 89.9 Å². The van der Waals surface area contributed by atoms with Gasteiger partial charge in [0, 0.05) is 6.61 Å². The van der Waals surface area contributed by atoms with Gasteiger partial charge in [-0.3, -0.25) is 9.35 Å². The molecule has 0 amide bonds. The van der Waals surface area contributed by atoms with Crippen LogP contribution >= 0.6 is 0 Å². The minimum Gasteiger partial charge on any atom is -0.458 e. The van der Waals surface area contributed by atoms with Gasteiger partial charge >= 0.3 is 21.3 Å². The summed E-state index contributed by atoms with van der Waals surface area (Å²) in [7, 11) is -5.60.